The molecule has 1 saturated heterocycles. The van der Waals surface area contributed by atoms with Gasteiger partial charge in [0, 0.05) is 5.82 Å². The van der Waals surface area contributed by atoms with Gasteiger partial charge in [-0.15, -0.1) is 0 Å². The summed E-state index contributed by atoms with van der Waals surface area (Å²) < 4.78 is 13.0. The van der Waals surface area contributed by atoms with Crippen molar-refractivity contribution in [3.05, 3.63) is 70.8 Å². The van der Waals surface area contributed by atoms with Crippen LogP contribution in [-0.2, 0) is 15.7 Å². The summed E-state index contributed by atoms with van der Waals surface area (Å²) in [7, 11) is -0.193. The zero-order chi connectivity index (χ0) is 20.4. The van der Waals surface area contributed by atoms with Crippen molar-refractivity contribution < 1.29 is 9.31 Å². The first-order valence-corrected chi connectivity index (χ1v) is 10.7. The van der Waals surface area contributed by atoms with Gasteiger partial charge in [0.2, 0.25) is 0 Å². The molecule has 1 heterocycles. The molecule has 0 radical (unpaired) electrons. The average molecular weight is 378 g/mol. The molecule has 0 N–H and O–H groups in total. The molecule has 3 heteroatoms. The van der Waals surface area contributed by atoms with Crippen LogP contribution in [0.4, 0.5) is 0 Å². The van der Waals surface area contributed by atoms with E-state index in [0.717, 1.165) is 19.3 Å². The van der Waals surface area contributed by atoms with E-state index in [1.54, 1.807) is 0 Å². The molecule has 2 aromatic carbocycles. The van der Waals surface area contributed by atoms with Crippen molar-refractivity contribution >= 4 is 7.12 Å². The van der Waals surface area contributed by atoms with Gasteiger partial charge in [-0.2, -0.15) is 0 Å². The van der Waals surface area contributed by atoms with E-state index >= 15 is 0 Å². The Balaban J connectivity index is 1.76. The lowest BCUT2D eigenvalue weighted by Gasteiger charge is -2.32. The van der Waals surface area contributed by atoms with Crippen LogP contribution in [-0.4, -0.2) is 18.3 Å². The molecule has 0 saturated carbocycles. The van der Waals surface area contributed by atoms with Crippen LogP contribution in [0.2, 0.25) is 0 Å². The van der Waals surface area contributed by atoms with E-state index in [9.17, 15) is 0 Å². The standard InChI is InChI=1S/C25H35BO2/c1-19-13-12-14-20(2)23(19)22(26-27-24(3,4)25(5,6)28-26)18-11-10-17-21-15-8-7-9-16-21/h7-9,12-16,22H,10-11,17-18H2,1-6H3. The topological polar surface area (TPSA) is 18.5 Å². The fraction of sp³-hybridized carbons (Fsp3) is 0.520. The number of hydrogen-bond acceptors (Lipinski definition) is 2. The maximum Gasteiger partial charge on any atom is 0.465 e. The number of hydrogen-bond donors (Lipinski definition) is 0. The highest BCUT2D eigenvalue weighted by Crippen LogP contribution is 2.43. The molecule has 0 amide bonds. The van der Waals surface area contributed by atoms with Crippen molar-refractivity contribution in [1.82, 2.24) is 0 Å². The Morgan fingerprint density at radius 3 is 1.93 bits per heavy atom. The Bertz CT molecular complexity index is 746. The Morgan fingerprint density at radius 2 is 1.36 bits per heavy atom. The molecular weight excluding hydrogens is 343 g/mol. The van der Waals surface area contributed by atoms with Gasteiger partial charge in [-0.1, -0.05) is 55.0 Å². The van der Waals surface area contributed by atoms with E-state index in [-0.39, 0.29) is 24.1 Å². The van der Waals surface area contributed by atoms with Crippen molar-refractivity contribution in [2.45, 2.75) is 84.2 Å². The predicted octanol–water partition coefficient (Wildman–Crippen LogP) is 6.43. The molecule has 0 spiro atoms. The third-order valence-electron chi connectivity index (χ3n) is 6.59. The van der Waals surface area contributed by atoms with E-state index in [1.165, 1.54) is 28.7 Å². The zero-order valence-electron chi connectivity index (χ0n) is 18.4. The van der Waals surface area contributed by atoms with Gasteiger partial charge in [0.1, 0.15) is 0 Å². The monoisotopic (exact) mass is 378 g/mol. The second-order valence-electron chi connectivity index (χ2n) is 9.27. The lowest BCUT2D eigenvalue weighted by molar-refractivity contribution is 0.00578. The first-order valence-electron chi connectivity index (χ1n) is 10.7. The fourth-order valence-corrected chi connectivity index (χ4v) is 4.22. The van der Waals surface area contributed by atoms with Gasteiger partial charge in [-0.05, 0) is 83.1 Å². The third kappa shape index (κ3) is 4.52. The molecule has 1 aliphatic rings. The SMILES string of the molecule is Cc1cccc(C)c1C(CCCCc1ccccc1)B1OC(C)(C)C(C)(C)O1. The second kappa shape index (κ2) is 8.43. The van der Waals surface area contributed by atoms with Gasteiger partial charge in [0.15, 0.2) is 0 Å². The van der Waals surface area contributed by atoms with Gasteiger partial charge in [-0.25, -0.2) is 0 Å². The molecule has 1 unspecified atom stereocenters. The van der Waals surface area contributed by atoms with Crippen LogP contribution in [0.5, 0.6) is 0 Å². The normalized spacial score (nSPS) is 19.0. The van der Waals surface area contributed by atoms with E-state index in [4.69, 9.17) is 9.31 Å². The molecule has 0 aliphatic carbocycles. The van der Waals surface area contributed by atoms with Crippen molar-refractivity contribution in [1.29, 1.82) is 0 Å². The Labute approximate surface area is 171 Å². The Morgan fingerprint density at radius 1 is 0.786 bits per heavy atom. The molecule has 2 nitrogen and oxygen atoms in total. The summed E-state index contributed by atoms with van der Waals surface area (Å²) in [4.78, 5) is 0. The Kier molecular flexibility index (Phi) is 6.36. The summed E-state index contributed by atoms with van der Waals surface area (Å²) in [6, 6.07) is 17.3. The second-order valence-corrected chi connectivity index (χ2v) is 9.27. The fourth-order valence-electron chi connectivity index (χ4n) is 4.22. The molecular formula is C25H35BO2. The average Bonchev–Trinajstić information content (AvgIpc) is 2.85. The molecule has 1 fully saturated rings. The maximum absolute atomic E-state index is 6.48. The summed E-state index contributed by atoms with van der Waals surface area (Å²) >= 11 is 0. The Hall–Kier alpha value is -1.58. The minimum absolute atomic E-state index is 0.193. The summed E-state index contributed by atoms with van der Waals surface area (Å²) in [5.74, 6) is 0.262. The third-order valence-corrected chi connectivity index (χ3v) is 6.59. The lowest BCUT2D eigenvalue weighted by atomic mass is 9.63. The molecule has 1 atom stereocenters. The summed E-state index contributed by atoms with van der Waals surface area (Å²) in [6.07, 6.45) is 4.56. The molecule has 2 aromatic rings. The number of aryl methyl sites for hydroxylation is 3. The van der Waals surface area contributed by atoms with E-state index in [2.05, 4.69) is 90.1 Å². The van der Waals surface area contributed by atoms with Gasteiger partial charge in [0.25, 0.3) is 0 Å². The van der Waals surface area contributed by atoms with Crippen LogP contribution in [0.1, 0.15) is 75.0 Å². The number of rotatable bonds is 7. The summed E-state index contributed by atoms with van der Waals surface area (Å²) in [5, 5.41) is 0. The highest BCUT2D eigenvalue weighted by Gasteiger charge is 2.54. The molecule has 150 valence electrons. The van der Waals surface area contributed by atoms with Crippen molar-refractivity contribution in [3.63, 3.8) is 0 Å². The molecule has 28 heavy (non-hydrogen) atoms. The van der Waals surface area contributed by atoms with Crippen molar-refractivity contribution in [2.24, 2.45) is 0 Å². The highest BCUT2D eigenvalue weighted by molar-refractivity contribution is 6.47. The first-order chi connectivity index (χ1) is 13.2. The van der Waals surface area contributed by atoms with Crippen molar-refractivity contribution in [2.75, 3.05) is 0 Å². The van der Waals surface area contributed by atoms with Gasteiger partial charge < -0.3 is 9.31 Å². The molecule has 0 aromatic heterocycles. The van der Waals surface area contributed by atoms with E-state index in [1.807, 2.05) is 0 Å². The molecule has 3 rings (SSSR count). The molecule has 0 bridgehead atoms. The minimum Gasteiger partial charge on any atom is -0.403 e. The quantitative estimate of drug-likeness (QED) is 0.408. The zero-order valence-corrected chi connectivity index (χ0v) is 18.4. The van der Waals surface area contributed by atoms with Crippen LogP contribution in [0.3, 0.4) is 0 Å². The van der Waals surface area contributed by atoms with Crippen molar-refractivity contribution in [3.8, 4) is 0 Å². The lowest BCUT2D eigenvalue weighted by Crippen LogP contribution is -2.41. The van der Waals surface area contributed by atoms with E-state index in [0.29, 0.717) is 0 Å². The predicted molar refractivity (Wildman–Crippen MR) is 119 cm³/mol. The van der Waals surface area contributed by atoms with Crippen LogP contribution < -0.4 is 0 Å². The van der Waals surface area contributed by atoms with Crippen LogP contribution in [0.15, 0.2) is 48.5 Å². The van der Waals surface area contributed by atoms with E-state index < -0.39 is 0 Å². The van der Waals surface area contributed by atoms with Gasteiger partial charge in [-0.3, -0.25) is 0 Å². The first kappa shape index (κ1) is 21.1. The van der Waals surface area contributed by atoms with Crippen LogP contribution in [0, 0.1) is 13.8 Å². The minimum atomic E-state index is -0.295. The van der Waals surface area contributed by atoms with Gasteiger partial charge in [0.05, 0.1) is 11.2 Å². The number of unbranched alkanes of at least 4 members (excludes halogenated alkanes) is 1. The number of benzene rings is 2. The van der Waals surface area contributed by atoms with Gasteiger partial charge >= 0.3 is 7.12 Å². The molecule has 1 aliphatic heterocycles. The maximum atomic E-state index is 6.48. The van der Waals surface area contributed by atoms with Crippen LogP contribution >= 0.6 is 0 Å². The summed E-state index contributed by atoms with van der Waals surface area (Å²) in [5.41, 5.74) is 4.90. The summed E-state index contributed by atoms with van der Waals surface area (Å²) in [6.45, 7) is 13.0. The highest BCUT2D eigenvalue weighted by atomic mass is 16.7. The van der Waals surface area contributed by atoms with Crippen LogP contribution in [0.25, 0.3) is 0 Å². The largest absolute Gasteiger partial charge is 0.465 e. The smallest absolute Gasteiger partial charge is 0.403 e.